The number of hydrogen-bond acceptors (Lipinski definition) is 2. The van der Waals surface area contributed by atoms with Crippen molar-refractivity contribution in [3.63, 3.8) is 0 Å². The van der Waals surface area contributed by atoms with Crippen molar-refractivity contribution in [3.05, 3.63) is 63.6 Å². The van der Waals surface area contributed by atoms with E-state index in [0.717, 1.165) is 10.0 Å². The maximum Gasteiger partial charge on any atom is 0.255 e. The number of nitrogens with one attached hydrogen (secondary N) is 1. The fraction of sp³-hybridized carbons (Fsp3) is 0.0667. The zero-order chi connectivity index (χ0) is 13.8. The number of nitrogens with zero attached hydrogens (tertiary/aromatic N) is 1. The lowest BCUT2D eigenvalue weighted by molar-refractivity contribution is 0.102. The minimum absolute atomic E-state index is 0.230. The second-order valence-electron chi connectivity index (χ2n) is 4.13. The van der Waals surface area contributed by atoms with Crippen molar-refractivity contribution in [2.75, 3.05) is 5.32 Å². The van der Waals surface area contributed by atoms with Crippen LogP contribution in [0.2, 0.25) is 0 Å². The topological polar surface area (TPSA) is 52.9 Å². The number of benzene rings is 2. The average molecular weight is 315 g/mol. The third-order valence-electron chi connectivity index (χ3n) is 2.60. The Bertz CT molecular complexity index is 654. The Balaban J connectivity index is 2.29. The second kappa shape index (κ2) is 5.68. The van der Waals surface area contributed by atoms with Gasteiger partial charge in [0.2, 0.25) is 0 Å². The van der Waals surface area contributed by atoms with Crippen LogP contribution in [0.1, 0.15) is 21.5 Å². The molecule has 2 rings (SSSR count). The summed E-state index contributed by atoms with van der Waals surface area (Å²) in [5.74, 6) is -0.230. The first-order valence-electron chi connectivity index (χ1n) is 5.68. The normalized spacial score (nSPS) is 9.74. The Kier molecular flexibility index (Phi) is 3.98. The summed E-state index contributed by atoms with van der Waals surface area (Å²) < 4.78 is 0.853. The van der Waals surface area contributed by atoms with Gasteiger partial charge >= 0.3 is 0 Å². The van der Waals surface area contributed by atoms with E-state index in [4.69, 9.17) is 5.26 Å². The first kappa shape index (κ1) is 13.3. The molecule has 0 aliphatic carbocycles. The smallest absolute Gasteiger partial charge is 0.255 e. The van der Waals surface area contributed by atoms with E-state index in [1.165, 1.54) is 0 Å². The van der Waals surface area contributed by atoms with E-state index in [-0.39, 0.29) is 5.91 Å². The monoisotopic (exact) mass is 314 g/mol. The van der Waals surface area contributed by atoms with Gasteiger partial charge in [-0.2, -0.15) is 5.26 Å². The van der Waals surface area contributed by atoms with Crippen LogP contribution in [-0.4, -0.2) is 5.91 Å². The van der Waals surface area contributed by atoms with E-state index in [2.05, 4.69) is 27.3 Å². The number of anilines is 1. The third kappa shape index (κ3) is 3.21. The molecule has 0 aromatic heterocycles. The quantitative estimate of drug-likeness (QED) is 0.914. The van der Waals surface area contributed by atoms with Gasteiger partial charge in [-0.05, 0) is 42.8 Å². The number of carbonyl (C=O) groups excluding carboxylic acids is 1. The SMILES string of the molecule is Cc1cc(Br)cc(C(=O)Nc2ccccc2C#N)c1. The number of carbonyl (C=O) groups is 1. The summed E-state index contributed by atoms with van der Waals surface area (Å²) in [5.41, 5.74) is 2.52. The predicted octanol–water partition coefficient (Wildman–Crippen LogP) is 3.88. The number of para-hydroxylation sites is 1. The lowest BCUT2D eigenvalue weighted by Crippen LogP contribution is -2.13. The molecule has 0 aliphatic heterocycles. The molecule has 0 saturated carbocycles. The second-order valence-corrected chi connectivity index (χ2v) is 5.04. The van der Waals surface area contributed by atoms with Crippen molar-refractivity contribution in [2.45, 2.75) is 6.92 Å². The number of rotatable bonds is 2. The van der Waals surface area contributed by atoms with Crippen LogP contribution in [0.15, 0.2) is 46.9 Å². The van der Waals surface area contributed by atoms with Crippen molar-refractivity contribution < 1.29 is 4.79 Å². The Morgan fingerprint density at radius 3 is 2.68 bits per heavy atom. The van der Waals surface area contributed by atoms with E-state index in [9.17, 15) is 4.79 Å². The van der Waals surface area contributed by atoms with E-state index >= 15 is 0 Å². The highest BCUT2D eigenvalue weighted by Gasteiger charge is 2.09. The van der Waals surface area contributed by atoms with E-state index in [0.29, 0.717) is 16.8 Å². The molecule has 2 aromatic carbocycles. The van der Waals surface area contributed by atoms with Gasteiger partial charge in [0.15, 0.2) is 0 Å². The standard InChI is InChI=1S/C15H11BrN2O/c1-10-6-12(8-13(16)7-10)15(19)18-14-5-3-2-4-11(14)9-17/h2-8H,1H3,(H,18,19). The number of halogens is 1. The molecule has 2 aromatic rings. The highest BCUT2D eigenvalue weighted by atomic mass is 79.9. The lowest BCUT2D eigenvalue weighted by atomic mass is 10.1. The molecule has 4 heteroatoms. The highest BCUT2D eigenvalue weighted by Crippen LogP contribution is 2.18. The van der Waals surface area contributed by atoms with Crippen LogP contribution in [0.25, 0.3) is 0 Å². The van der Waals surface area contributed by atoms with E-state index in [1.54, 1.807) is 36.4 Å². The summed E-state index contributed by atoms with van der Waals surface area (Å²) in [7, 11) is 0. The highest BCUT2D eigenvalue weighted by molar-refractivity contribution is 9.10. The molecule has 94 valence electrons. The van der Waals surface area contributed by atoms with Gasteiger partial charge in [0.05, 0.1) is 11.3 Å². The largest absolute Gasteiger partial charge is 0.321 e. The first-order valence-corrected chi connectivity index (χ1v) is 6.47. The predicted molar refractivity (Wildman–Crippen MR) is 78.0 cm³/mol. The Morgan fingerprint density at radius 1 is 1.26 bits per heavy atom. The van der Waals surface area contributed by atoms with Gasteiger partial charge in [-0.1, -0.05) is 28.1 Å². The van der Waals surface area contributed by atoms with Gasteiger partial charge in [-0.25, -0.2) is 0 Å². The van der Waals surface area contributed by atoms with Crippen LogP contribution >= 0.6 is 15.9 Å². The molecule has 1 amide bonds. The molecule has 3 nitrogen and oxygen atoms in total. The lowest BCUT2D eigenvalue weighted by Gasteiger charge is -2.08. The molecule has 1 N–H and O–H groups in total. The van der Waals surface area contributed by atoms with Gasteiger partial charge in [-0.3, -0.25) is 4.79 Å². The fourth-order valence-corrected chi connectivity index (χ4v) is 2.36. The van der Waals surface area contributed by atoms with Crippen molar-refractivity contribution in [1.29, 1.82) is 5.26 Å². The zero-order valence-electron chi connectivity index (χ0n) is 10.3. The van der Waals surface area contributed by atoms with Gasteiger partial charge in [0.1, 0.15) is 6.07 Å². The van der Waals surface area contributed by atoms with Gasteiger partial charge < -0.3 is 5.32 Å². The molecule has 0 atom stereocenters. The third-order valence-corrected chi connectivity index (χ3v) is 3.06. The molecule has 19 heavy (non-hydrogen) atoms. The molecule has 0 heterocycles. The van der Waals surface area contributed by atoms with E-state index in [1.807, 2.05) is 13.0 Å². The number of hydrogen-bond donors (Lipinski definition) is 1. The van der Waals surface area contributed by atoms with Gasteiger partial charge in [0.25, 0.3) is 5.91 Å². The summed E-state index contributed by atoms with van der Waals surface area (Å²) in [5, 5.41) is 11.7. The molecular formula is C15H11BrN2O. The Hall–Kier alpha value is -2.12. The van der Waals surface area contributed by atoms with Crippen LogP contribution in [0.4, 0.5) is 5.69 Å². The van der Waals surface area contributed by atoms with Crippen LogP contribution in [0.3, 0.4) is 0 Å². The summed E-state index contributed by atoms with van der Waals surface area (Å²) >= 11 is 3.36. The van der Waals surface area contributed by atoms with Crippen LogP contribution in [0, 0.1) is 18.3 Å². The van der Waals surface area contributed by atoms with Gasteiger partial charge in [0, 0.05) is 10.0 Å². The summed E-state index contributed by atoms with van der Waals surface area (Å²) in [4.78, 5) is 12.1. The molecular weight excluding hydrogens is 304 g/mol. The molecule has 0 bridgehead atoms. The van der Waals surface area contributed by atoms with Crippen LogP contribution in [-0.2, 0) is 0 Å². The fourth-order valence-electron chi connectivity index (χ4n) is 1.75. The maximum atomic E-state index is 12.1. The molecule has 0 aliphatic rings. The minimum Gasteiger partial charge on any atom is -0.321 e. The Morgan fingerprint density at radius 2 is 2.00 bits per heavy atom. The summed E-state index contributed by atoms with van der Waals surface area (Å²) in [6.07, 6.45) is 0. The number of nitriles is 1. The van der Waals surface area contributed by atoms with Crippen molar-refractivity contribution in [2.24, 2.45) is 0 Å². The van der Waals surface area contributed by atoms with Gasteiger partial charge in [-0.15, -0.1) is 0 Å². The molecule has 0 spiro atoms. The van der Waals surface area contributed by atoms with Crippen LogP contribution < -0.4 is 5.32 Å². The molecule has 0 unspecified atom stereocenters. The first-order chi connectivity index (χ1) is 9.10. The maximum absolute atomic E-state index is 12.1. The zero-order valence-corrected chi connectivity index (χ0v) is 11.9. The van der Waals surface area contributed by atoms with Crippen molar-refractivity contribution in [3.8, 4) is 6.07 Å². The average Bonchev–Trinajstić information content (AvgIpc) is 2.38. The summed E-state index contributed by atoms with van der Waals surface area (Å²) in [6.45, 7) is 1.92. The van der Waals surface area contributed by atoms with Crippen molar-refractivity contribution >= 4 is 27.5 Å². The summed E-state index contributed by atoms with van der Waals surface area (Å²) in [6, 6.07) is 14.4. The van der Waals surface area contributed by atoms with Crippen molar-refractivity contribution in [1.82, 2.24) is 0 Å². The molecule has 0 fully saturated rings. The Labute approximate surface area is 120 Å². The minimum atomic E-state index is -0.230. The number of amides is 1. The van der Waals surface area contributed by atoms with E-state index < -0.39 is 0 Å². The molecule has 0 radical (unpaired) electrons. The number of aryl methyl sites for hydroxylation is 1. The van der Waals surface area contributed by atoms with Crippen LogP contribution in [0.5, 0.6) is 0 Å². The molecule has 0 saturated heterocycles.